The fourth-order valence-corrected chi connectivity index (χ4v) is 2.95. The molecular weight excluding hydrogens is 422 g/mol. The van der Waals surface area contributed by atoms with Crippen molar-refractivity contribution in [2.45, 2.75) is 20.4 Å². The van der Waals surface area contributed by atoms with Gasteiger partial charge < -0.3 is 9.47 Å². The molecule has 0 aromatic heterocycles. The molecule has 1 amide bonds. The molecule has 0 fully saturated rings. The maximum absolute atomic E-state index is 12.0. The maximum atomic E-state index is 12.0. The smallest absolute Gasteiger partial charge is 0.277 e. The van der Waals surface area contributed by atoms with Crippen LogP contribution in [0.25, 0.3) is 0 Å². The molecule has 0 radical (unpaired) electrons. The van der Waals surface area contributed by atoms with E-state index in [-0.39, 0.29) is 12.5 Å². The highest BCUT2D eigenvalue weighted by Gasteiger charge is 2.10. The molecule has 0 aliphatic rings. The Hall–Kier alpha value is -2.38. The summed E-state index contributed by atoms with van der Waals surface area (Å²) in [6.07, 6.45) is 1.57. The van der Waals surface area contributed by atoms with Gasteiger partial charge in [-0.1, -0.05) is 29.8 Å². The maximum Gasteiger partial charge on any atom is 0.277 e. The summed E-state index contributed by atoms with van der Waals surface area (Å²) in [4.78, 5) is 14.3. The molecule has 2 rings (SSSR count). The van der Waals surface area contributed by atoms with Crippen LogP contribution in [-0.4, -0.2) is 43.8 Å². The number of hydrazone groups is 1. The van der Waals surface area contributed by atoms with E-state index in [1.807, 2.05) is 42.5 Å². The Morgan fingerprint density at radius 2 is 1.89 bits per heavy atom. The third-order valence-corrected chi connectivity index (χ3v) is 4.68. The van der Waals surface area contributed by atoms with E-state index in [0.29, 0.717) is 5.75 Å². The fourth-order valence-electron chi connectivity index (χ4n) is 2.54. The fraction of sp³-hybridized carbons (Fsp3) is 0.333. The SMILES string of the molecule is CCN(CC)Cc1cc(Br)ccc1OCC(=O)N/N=C/c1ccc(OC)cc1. The van der Waals surface area contributed by atoms with Crippen molar-refractivity contribution >= 4 is 28.1 Å². The topological polar surface area (TPSA) is 63.2 Å². The van der Waals surface area contributed by atoms with Gasteiger partial charge in [-0.05, 0) is 61.1 Å². The zero-order valence-corrected chi connectivity index (χ0v) is 18.0. The van der Waals surface area contributed by atoms with Gasteiger partial charge in [-0.3, -0.25) is 9.69 Å². The second-order valence-corrected chi connectivity index (χ2v) is 6.98. The van der Waals surface area contributed by atoms with Crippen molar-refractivity contribution in [3.05, 3.63) is 58.1 Å². The second kappa shape index (κ2) is 11.5. The highest BCUT2D eigenvalue weighted by molar-refractivity contribution is 9.10. The van der Waals surface area contributed by atoms with Crippen LogP contribution in [0, 0.1) is 0 Å². The molecule has 0 saturated carbocycles. The minimum absolute atomic E-state index is 0.104. The van der Waals surface area contributed by atoms with E-state index in [4.69, 9.17) is 9.47 Å². The summed E-state index contributed by atoms with van der Waals surface area (Å²) in [6, 6.07) is 13.2. The van der Waals surface area contributed by atoms with Crippen molar-refractivity contribution in [1.29, 1.82) is 0 Å². The molecular formula is C21H26BrN3O3. The van der Waals surface area contributed by atoms with Crippen LogP contribution in [0.1, 0.15) is 25.0 Å². The van der Waals surface area contributed by atoms with Crippen molar-refractivity contribution in [1.82, 2.24) is 10.3 Å². The lowest BCUT2D eigenvalue weighted by atomic mass is 10.2. The monoisotopic (exact) mass is 447 g/mol. The molecule has 0 aliphatic carbocycles. The molecule has 28 heavy (non-hydrogen) atoms. The van der Waals surface area contributed by atoms with Gasteiger partial charge in [0.1, 0.15) is 11.5 Å². The van der Waals surface area contributed by atoms with Gasteiger partial charge >= 0.3 is 0 Å². The molecule has 0 aliphatic heterocycles. The molecule has 0 heterocycles. The van der Waals surface area contributed by atoms with Crippen LogP contribution in [0.2, 0.25) is 0 Å². The Labute approximate surface area is 174 Å². The van der Waals surface area contributed by atoms with Crippen LogP contribution in [-0.2, 0) is 11.3 Å². The minimum Gasteiger partial charge on any atom is -0.497 e. The molecule has 0 atom stereocenters. The molecule has 7 heteroatoms. The van der Waals surface area contributed by atoms with Gasteiger partial charge in [-0.25, -0.2) is 5.43 Å². The highest BCUT2D eigenvalue weighted by Crippen LogP contribution is 2.24. The molecule has 2 aromatic carbocycles. The number of carbonyl (C=O) groups is 1. The number of rotatable bonds is 10. The summed E-state index contributed by atoms with van der Waals surface area (Å²) in [7, 11) is 1.61. The van der Waals surface area contributed by atoms with Gasteiger partial charge in [0.15, 0.2) is 6.61 Å². The Balaban J connectivity index is 1.90. The number of hydrogen-bond donors (Lipinski definition) is 1. The lowest BCUT2D eigenvalue weighted by molar-refractivity contribution is -0.123. The summed E-state index contributed by atoms with van der Waals surface area (Å²) in [5.74, 6) is 1.15. The van der Waals surface area contributed by atoms with Gasteiger partial charge in [0.2, 0.25) is 0 Å². The van der Waals surface area contributed by atoms with Gasteiger partial charge in [0, 0.05) is 16.6 Å². The summed E-state index contributed by atoms with van der Waals surface area (Å²) >= 11 is 3.50. The van der Waals surface area contributed by atoms with Crippen LogP contribution in [0.3, 0.4) is 0 Å². The molecule has 0 unspecified atom stereocenters. The van der Waals surface area contributed by atoms with E-state index < -0.39 is 0 Å². The number of methoxy groups -OCH3 is 1. The molecule has 6 nitrogen and oxygen atoms in total. The van der Waals surface area contributed by atoms with Gasteiger partial charge in [0.05, 0.1) is 13.3 Å². The van der Waals surface area contributed by atoms with Crippen molar-refractivity contribution in [3.8, 4) is 11.5 Å². The van der Waals surface area contributed by atoms with Crippen molar-refractivity contribution < 1.29 is 14.3 Å². The predicted molar refractivity (Wildman–Crippen MR) is 115 cm³/mol. The first-order chi connectivity index (χ1) is 13.5. The number of carbonyl (C=O) groups excluding carboxylic acids is 1. The lowest BCUT2D eigenvalue weighted by Gasteiger charge is -2.20. The molecule has 1 N–H and O–H groups in total. The van der Waals surface area contributed by atoms with E-state index in [1.54, 1.807) is 13.3 Å². The van der Waals surface area contributed by atoms with Crippen LogP contribution in [0.15, 0.2) is 52.0 Å². The highest BCUT2D eigenvalue weighted by atomic mass is 79.9. The second-order valence-electron chi connectivity index (χ2n) is 6.07. The largest absolute Gasteiger partial charge is 0.497 e. The summed E-state index contributed by atoms with van der Waals surface area (Å²) < 4.78 is 11.8. The van der Waals surface area contributed by atoms with Gasteiger partial charge in [0.25, 0.3) is 5.91 Å². The number of nitrogens with one attached hydrogen (secondary N) is 1. The lowest BCUT2D eigenvalue weighted by Crippen LogP contribution is -2.26. The zero-order chi connectivity index (χ0) is 20.4. The predicted octanol–water partition coefficient (Wildman–Crippen LogP) is 3.83. The Morgan fingerprint density at radius 1 is 1.18 bits per heavy atom. The summed E-state index contributed by atoms with van der Waals surface area (Å²) in [5, 5.41) is 3.96. The van der Waals surface area contributed by atoms with Crippen molar-refractivity contribution in [2.24, 2.45) is 5.10 Å². The van der Waals surface area contributed by atoms with Crippen LogP contribution < -0.4 is 14.9 Å². The Morgan fingerprint density at radius 3 is 2.54 bits per heavy atom. The van der Waals surface area contributed by atoms with E-state index in [2.05, 4.69) is 45.2 Å². The number of amides is 1. The first-order valence-corrected chi connectivity index (χ1v) is 9.94. The van der Waals surface area contributed by atoms with Crippen LogP contribution >= 0.6 is 15.9 Å². The van der Waals surface area contributed by atoms with E-state index in [9.17, 15) is 4.79 Å². The third kappa shape index (κ3) is 6.98. The molecule has 0 bridgehead atoms. The van der Waals surface area contributed by atoms with Crippen molar-refractivity contribution in [2.75, 3.05) is 26.8 Å². The first kappa shape index (κ1) is 21.9. The summed E-state index contributed by atoms with van der Waals surface area (Å²) in [5.41, 5.74) is 4.37. The molecule has 2 aromatic rings. The number of nitrogens with zero attached hydrogens (tertiary/aromatic N) is 2. The zero-order valence-electron chi connectivity index (χ0n) is 16.4. The van der Waals surface area contributed by atoms with Crippen molar-refractivity contribution in [3.63, 3.8) is 0 Å². The molecule has 0 saturated heterocycles. The number of halogens is 1. The standard InChI is InChI=1S/C21H26BrN3O3/c1-4-25(5-2)14-17-12-18(22)8-11-20(17)28-15-21(26)24-23-13-16-6-9-19(27-3)10-7-16/h6-13H,4-5,14-15H2,1-3H3,(H,24,26)/b23-13+. The number of hydrogen-bond acceptors (Lipinski definition) is 5. The van der Waals surface area contributed by atoms with Crippen LogP contribution in [0.4, 0.5) is 0 Å². The summed E-state index contributed by atoms with van der Waals surface area (Å²) in [6.45, 7) is 6.80. The van der Waals surface area contributed by atoms with E-state index in [1.165, 1.54) is 0 Å². The third-order valence-electron chi connectivity index (χ3n) is 4.19. The normalized spacial score (nSPS) is 11.0. The van der Waals surface area contributed by atoms with Crippen LogP contribution in [0.5, 0.6) is 11.5 Å². The average molecular weight is 448 g/mol. The number of benzene rings is 2. The Bertz CT molecular complexity index is 790. The number of ether oxygens (including phenoxy) is 2. The molecule has 0 spiro atoms. The molecule has 150 valence electrons. The Kier molecular flexibility index (Phi) is 8.97. The van der Waals surface area contributed by atoms with E-state index >= 15 is 0 Å². The van der Waals surface area contributed by atoms with E-state index in [0.717, 1.165) is 41.0 Å². The first-order valence-electron chi connectivity index (χ1n) is 9.15. The van der Waals surface area contributed by atoms with Gasteiger partial charge in [-0.15, -0.1) is 0 Å². The minimum atomic E-state index is -0.318. The average Bonchev–Trinajstić information content (AvgIpc) is 2.71. The van der Waals surface area contributed by atoms with Gasteiger partial charge in [-0.2, -0.15) is 5.10 Å². The quantitative estimate of drug-likeness (QED) is 0.443.